The van der Waals surface area contributed by atoms with Gasteiger partial charge in [0.25, 0.3) is 11.5 Å². The molecule has 8 nitrogen and oxygen atoms in total. The normalized spacial score (nSPS) is 14.5. The maximum atomic E-state index is 14.1. The summed E-state index contributed by atoms with van der Waals surface area (Å²) in [7, 11) is 0. The number of rotatable bonds is 8. The van der Waals surface area contributed by atoms with Gasteiger partial charge in [-0.05, 0) is 107 Å². The van der Waals surface area contributed by atoms with E-state index in [2.05, 4.69) is 50.5 Å². The molecule has 1 aliphatic heterocycles. The van der Waals surface area contributed by atoms with Crippen molar-refractivity contribution in [3.63, 3.8) is 0 Å². The topological polar surface area (TPSA) is 106 Å². The molecule has 5 rings (SSSR count). The Hall–Kier alpha value is -3.48. The molecular formula is C31H24I2N4O4S. The highest BCUT2D eigenvalue weighted by Crippen LogP contribution is 2.32. The average molecular weight is 802 g/mol. The predicted molar refractivity (Wildman–Crippen MR) is 179 cm³/mol. The number of amides is 1. The number of fused-ring (bicyclic) bond motifs is 1. The fourth-order valence-electron chi connectivity index (χ4n) is 4.65. The molecule has 0 bridgehead atoms. The van der Waals surface area contributed by atoms with E-state index in [1.807, 2.05) is 79.7 Å². The molecule has 42 heavy (non-hydrogen) atoms. The first-order valence-electron chi connectivity index (χ1n) is 12.9. The predicted octanol–water partition coefficient (Wildman–Crippen LogP) is 5.38. The van der Waals surface area contributed by atoms with E-state index < -0.39 is 6.04 Å². The van der Waals surface area contributed by atoms with Gasteiger partial charge in [0, 0.05) is 14.8 Å². The molecule has 0 saturated heterocycles. The highest BCUT2D eigenvalue weighted by molar-refractivity contribution is 14.1. The van der Waals surface area contributed by atoms with E-state index in [-0.39, 0.29) is 18.1 Å². The van der Waals surface area contributed by atoms with E-state index in [0.717, 1.165) is 12.7 Å². The Morgan fingerprint density at radius 1 is 1.14 bits per heavy atom. The number of allylic oxidation sites excluding steroid dienone is 1. The van der Waals surface area contributed by atoms with Gasteiger partial charge in [-0.2, -0.15) is 5.26 Å². The number of benzene rings is 3. The molecule has 0 fully saturated rings. The number of nitriles is 1. The Labute approximate surface area is 273 Å². The van der Waals surface area contributed by atoms with Crippen LogP contribution in [0.3, 0.4) is 0 Å². The van der Waals surface area contributed by atoms with Crippen LogP contribution in [0.2, 0.25) is 0 Å². The Bertz CT molecular complexity index is 1910. The molecule has 0 aliphatic carbocycles. The monoisotopic (exact) mass is 802 g/mol. The second kappa shape index (κ2) is 13.2. The number of ether oxygens (including phenoxy) is 2. The number of anilines is 1. The van der Waals surface area contributed by atoms with Crippen LogP contribution >= 0.6 is 56.5 Å². The SMILES string of the molecule is CCOc1ccc([C@H]2C(C(=O)Nc3ccccc3)=C(C)N=c3s/c(=C\c4cc(I)cc(I)c4OCC#N)c(=O)n32)cc1. The Kier molecular flexibility index (Phi) is 9.44. The van der Waals surface area contributed by atoms with E-state index in [0.29, 0.717) is 50.0 Å². The number of carbonyl (C=O) groups is 1. The number of carbonyl (C=O) groups excluding carboxylic acids is 1. The molecule has 3 aromatic carbocycles. The Balaban J connectivity index is 1.68. The van der Waals surface area contributed by atoms with Gasteiger partial charge in [0.05, 0.1) is 32.0 Å². The highest BCUT2D eigenvalue weighted by atomic mass is 127. The number of nitrogens with one attached hydrogen (secondary N) is 1. The van der Waals surface area contributed by atoms with Crippen LogP contribution in [0, 0.1) is 18.5 Å². The molecule has 0 saturated carbocycles. The fourth-order valence-corrected chi connectivity index (χ4v) is 7.73. The largest absolute Gasteiger partial charge is 0.494 e. The first-order valence-corrected chi connectivity index (χ1v) is 15.9. The lowest BCUT2D eigenvalue weighted by atomic mass is 9.95. The third-order valence-corrected chi connectivity index (χ3v) is 8.82. The van der Waals surface area contributed by atoms with E-state index in [9.17, 15) is 9.59 Å². The number of thiazole rings is 1. The number of nitrogens with zero attached hydrogens (tertiary/aromatic N) is 3. The molecule has 1 aliphatic rings. The van der Waals surface area contributed by atoms with Crippen molar-refractivity contribution in [3.8, 4) is 17.6 Å². The van der Waals surface area contributed by atoms with Crippen LogP contribution in [0.1, 0.15) is 31.0 Å². The lowest BCUT2D eigenvalue weighted by Gasteiger charge is -2.25. The van der Waals surface area contributed by atoms with Crippen LogP contribution in [-0.4, -0.2) is 23.7 Å². The van der Waals surface area contributed by atoms with Gasteiger partial charge in [-0.15, -0.1) is 0 Å². The molecule has 1 N–H and O–H groups in total. The summed E-state index contributed by atoms with van der Waals surface area (Å²) in [5.41, 5.74) is 2.70. The summed E-state index contributed by atoms with van der Waals surface area (Å²) >= 11 is 5.61. The zero-order valence-corrected chi connectivity index (χ0v) is 27.7. The van der Waals surface area contributed by atoms with Crippen molar-refractivity contribution in [1.82, 2.24) is 4.57 Å². The van der Waals surface area contributed by atoms with Crippen LogP contribution in [0.5, 0.6) is 11.5 Å². The summed E-state index contributed by atoms with van der Waals surface area (Å²) < 4.78 is 15.2. The zero-order chi connectivity index (χ0) is 29.8. The summed E-state index contributed by atoms with van der Waals surface area (Å²) in [5.74, 6) is 0.892. The standard InChI is InChI=1S/C31H24I2N4O4S/c1-3-40-23-11-9-19(10-12-23)27-26(29(38)36-22-7-5-4-6-8-22)18(2)35-31-37(27)30(39)25(42-31)16-20-15-21(32)17-24(33)28(20)41-14-13-34/h4-12,15-17,27H,3,14H2,1-2H3,(H,36,38)/b25-16-/t27-/m0/s1. The van der Waals surface area contributed by atoms with E-state index >= 15 is 0 Å². The minimum atomic E-state index is -0.715. The van der Waals surface area contributed by atoms with Crippen molar-refractivity contribution in [2.75, 3.05) is 18.5 Å². The zero-order valence-electron chi connectivity index (χ0n) is 22.6. The first-order chi connectivity index (χ1) is 20.3. The minimum absolute atomic E-state index is 0.116. The Morgan fingerprint density at radius 2 is 1.88 bits per heavy atom. The molecule has 1 amide bonds. The molecule has 1 aromatic heterocycles. The van der Waals surface area contributed by atoms with Crippen molar-refractivity contribution in [3.05, 3.63) is 116 Å². The lowest BCUT2D eigenvalue weighted by molar-refractivity contribution is -0.113. The van der Waals surface area contributed by atoms with Crippen molar-refractivity contribution >= 4 is 74.2 Å². The molecule has 0 radical (unpaired) electrons. The van der Waals surface area contributed by atoms with Gasteiger partial charge in [-0.1, -0.05) is 41.7 Å². The van der Waals surface area contributed by atoms with Crippen molar-refractivity contribution in [1.29, 1.82) is 5.26 Å². The maximum Gasteiger partial charge on any atom is 0.271 e. The van der Waals surface area contributed by atoms with Crippen molar-refractivity contribution in [2.45, 2.75) is 19.9 Å². The summed E-state index contributed by atoms with van der Waals surface area (Å²) in [5, 5.41) is 12.0. The van der Waals surface area contributed by atoms with Gasteiger partial charge < -0.3 is 14.8 Å². The van der Waals surface area contributed by atoms with Gasteiger partial charge >= 0.3 is 0 Å². The number of aromatic nitrogens is 1. The van der Waals surface area contributed by atoms with Crippen LogP contribution in [0.25, 0.3) is 6.08 Å². The van der Waals surface area contributed by atoms with Crippen LogP contribution in [-0.2, 0) is 4.79 Å². The second-order valence-electron chi connectivity index (χ2n) is 9.16. The lowest BCUT2D eigenvalue weighted by Crippen LogP contribution is -2.40. The molecule has 2 heterocycles. The van der Waals surface area contributed by atoms with E-state index in [4.69, 9.17) is 19.7 Å². The van der Waals surface area contributed by atoms with Gasteiger partial charge in [0.2, 0.25) is 0 Å². The molecule has 0 unspecified atom stereocenters. The third-order valence-electron chi connectivity index (χ3n) is 6.41. The maximum absolute atomic E-state index is 14.1. The highest BCUT2D eigenvalue weighted by Gasteiger charge is 2.32. The molecule has 212 valence electrons. The quantitative estimate of drug-likeness (QED) is 0.241. The molecular weight excluding hydrogens is 778 g/mol. The average Bonchev–Trinajstić information content (AvgIpc) is 3.27. The summed E-state index contributed by atoms with van der Waals surface area (Å²) in [6.45, 7) is 4.11. The van der Waals surface area contributed by atoms with Crippen LogP contribution < -0.4 is 29.7 Å². The fraction of sp³-hybridized carbons (Fsp3) is 0.161. The number of hydrogen-bond donors (Lipinski definition) is 1. The molecule has 1 atom stereocenters. The Morgan fingerprint density at radius 3 is 2.57 bits per heavy atom. The van der Waals surface area contributed by atoms with Crippen LogP contribution in [0.15, 0.2) is 87.8 Å². The van der Waals surface area contributed by atoms with Gasteiger partial charge in [-0.3, -0.25) is 14.2 Å². The smallest absolute Gasteiger partial charge is 0.271 e. The summed E-state index contributed by atoms with van der Waals surface area (Å²) in [6, 6.07) is 21.7. The molecule has 0 spiro atoms. The number of hydrogen-bond acceptors (Lipinski definition) is 7. The number of halogens is 2. The van der Waals surface area contributed by atoms with Crippen molar-refractivity contribution in [2.24, 2.45) is 4.99 Å². The minimum Gasteiger partial charge on any atom is -0.494 e. The van der Waals surface area contributed by atoms with E-state index in [1.165, 1.54) is 11.3 Å². The summed E-state index contributed by atoms with van der Waals surface area (Å²) in [4.78, 5) is 33.1. The van der Waals surface area contributed by atoms with Gasteiger partial charge in [-0.25, -0.2) is 4.99 Å². The third kappa shape index (κ3) is 6.30. The van der Waals surface area contributed by atoms with Gasteiger partial charge in [0.1, 0.15) is 17.6 Å². The summed E-state index contributed by atoms with van der Waals surface area (Å²) in [6.07, 6.45) is 1.76. The second-order valence-corrected chi connectivity index (χ2v) is 12.6. The van der Waals surface area contributed by atoms with Gasteiger partial charge in [0.15, 0.2) is 11.4 Å². The number of para-hydroxylation sites is 1. The first kappa shape index (κ1) is 30.0. The van der Waals surface area contributed by atoms with Crippen molar-refractivity contribution < 1.29 is 14.3 Å². The molecule has 4 aromatic rings. The van der Waals surface area contributed by atoms with E-state index in [1.54, 1.807) is 17.6 Å². The van der Waals surface area contributed by atoms with Crippen LogP contribution in [0.4, 0.5) is 5.69 Å². The molecule has 11 heteroatoms.